The molecule has 0 aromatic carbocycles. The highest BCUT2D eigenvalue weighted by atomic mass is 32.2. The summed E-state index contributed by atoms with van der Waals surface area (Å²) in [6, 6.07) is 4.70. The van der Waals surface area contributed by atoms with Gasteiger partial charge < -0.3 is 5.11 Å². The Balaban J connectivity index is 2.54. The van der Waals surface area contributed by atoms with Crippen LogP contribution >= 0.6 is 0 Å². The number of nitrogens with one attached hydrogen (secondary N) is 1. The van der Waals surface area contributed by atoms with Gasteiger partial charge in [-0.3, -0.25) is 0 Å². The molecule has 0 spiro atoms. The molecule has 16 heavy (non-hydrogen) atoms. The van der Waals surface area contributed by atoms with Gasteiger partial charge in [-0.1, -0.05) is 13.0 Å². The Morgan fingerprint density at radius 2 is 2.25 bits per heavy atom. The number of nitrogens with zero attached hydrogens (tertiary/aromatic N) is 1. The van der Waals surface area contributed by atoms with E-state index < -0.39 is 16.1 Å². The van der Waals surface area contributed by atoms with Crippen molar-refractivity contribution in [2.45, 2.75) is 30.9 Å². The highest BCUT2D eigenvalue weighted by Gasteiger charge is 2.14. The van der Waals surface area contributed by atoms with Crippen molar-refractivity contribution in [1.29, 1.82) is 0 Å². The van der Waals surface area contributed by atoms with E-state index in [1.54, 1.807) is 12.1 Å². The Morgan fingerprint density at radius 1 is 1.50 bits per heavy atom. The van der Waals surface area contributed by atoms with Crippen LogP contribution in [-0.4, -0.2) is 31.2 Å². The minimum absolute atomic E-state index is 0.000915. The van der Waals surface area contributed by atoms with Gasteiger partial charge in [-0.05, 0) is 25.0 Å². The van der Waals surface area contributed by atoms with E-state index in [1.807, 2.05) is 6.92 Å². The van der Waals surface area contributed by atoms with Crippen molar-refractivity contribution in [3.63, 3.8) is 0 Å². The summed E-state index contributed by atoms with van der Waals surface area (Å²) < 4.78 is 25.7. The van der Waals surface area contributed by atoms with E-state index in [1.165, 1.54) is 12.3 Å². The van der Waals surface area contributed by atoms with Gasteiger partial charge in [-0.15, -0.1) is 0 Å². The van der Waals surface area contributed by atoms with Crippen molar-refractivity contribution in [2.75, 3.05) is 6.54 Å². The molecule has 1 atom stereocenters. The third-order valence-electron chi connectivity index (χ3n) is 2.15. The SMILES string of the molecule is CCC(O)CCNS(=O)(=O)c1ccccn1. The zero-order valence-corrected chi connectivity index (χ0v) is 9.94. The van der Waals surface area contributed by atoms with E-state index in [-0.39, 0.29) is 11.6 Å². The predicted octanol–water partition coefficient (Wildman–Crippen LogP) is 0.521. The topological polar surface area (TPSA) is 79.3 Å². The minimum atomic E-state index is -3.54. The van der Waals surface area contributed by atoms with Crippen LogP contribution in [0.3, 0.4) is 0 Å². The highest BCUT2D eigenvalue weighted by molar-refractivity contribution is 7.89. The molecule has 0 amide bonds. The molecule has 1 unspecified atom stereocenters. The molecule has 1 aromatic rings. The summed E-state index contributed by atoms with van der Waals surface area (Å²) in [6.07, 6.45) is 1.98. The number of aliphatic hydroxyl groups excluding tert-OH is 1. The molecule has 5 nitrogen and oxygen atoms in total. The second-order valence-electron chi connectivity index (χ2n) is 3.42. The molecule has 0 fully saturated rings. The quantitative estimate of drug-likeness (QED) is 0.764. The molecule has 0 radical (unpaired) electrons. The van der Waals surface area contributed by atoms with Crippen LogP contribution in [0.1, 0.15) is 19.8 Å². The fourth-order valence-corrected chi connectivity index (χ4v) is 2.14. The molecule has 90 valence electrons. The second-order valence-corrected chi connectivity index (χ2v) is 5.13. The molecule has 0 saturated carbocycles. The average Bonchev–Trinajstić information content (AvgIpc) is 2.30. The van der Waals surface area contributed by atoms with Gasteiger partial charge in [0.1, 0.15) is 0 Å². The maximum atomic E-state index is 11.6. The van der Waals surface area contributed by atoms with Crippen molar-refractivity contribution in [2.24, 2.45) is 0 Å². The maximum absolute atomic E-state index is 11.6. The molecular formula is C10H16N2O3S. The second kappa shape index (κ2) is 5.93. The van der Waals surface area contributed by atoms with Crippen LogP contribution in [0.15, 0.2) is 29.4 Å². The number of hydrogen-bond donors (Lipinski definition) is 2. The van der Waals surface area contributed by atoms with E-state index in [9.17, 15) is 13.5 Å². The zero-order chi connectivity index (χ0) is 12.0. The lowest BCUT2D eigenvalue weighted by molar-refractivity contribution is 0.162. The van der Waals surface area contributed by atoms with E-state index in [0.29, 0.717) is 12.8 Å². The van der Waals surface area contributed by atoms with Crippen molar-refractivity contribution >= 4 is 10.0 Å². The van der Waals surface area contributed by atoms with Gasteiger partial charge in [0.2, 0.25) is 0 Å². The van der Waals surface area contributed by atoms with E-state index in [4.69, 9.17) is 0 Å². The van der Waals surface area contributed by atoms with E-state index in [0.717, 1.165) is 0 Å². The van der Waals surface area contributed by atoms with Crippen molar-refractivity contribution < 1.29 is 13.5 Å². The Hall–Kier alpha value is -0.980. The van der Waals surface area contributed by atoms with Gasteiger partial charge in [-0.25, -0.2) is 18.1 Å². The molecule has 0 aliphatic rings. The lowest BCUT2D eigenvalue weighted by Crippen LogP contribution is -2.27. The number of sulfonamides is 1. The molecule has 1 heterocycles. The first-order valence-electron chi connectivity index (χ1n) is 5.15. The van der Waals surface area contributed by atoms with Crippen LogP contribution in [0, 0.1) is 0 Å². The zero-order valence-electron chi connectivity index (χ0n) is 9.13. The Labute approximate surface area is 95.6 Å². The first kappa shape index (κ1) is 13.1. The van der Waals surface area contributed by atoms with Crippen LogP contribution in [-0.2, 0) is 10.0 Å². The third kappa shape index (κ3) is 3.88. The molecular weight excluding hydrogens is 228 g/mol. The molecule has 0 bridgehead atoms. The standard InChI is InChI=1S/C10H16N2O3S/c1-2-9(13)6-8-12-16(14,15)10-5-3-4-7-11-10/h3-5,7,9,12-13H,2,6,8H2,1H3. The maximum Gasteiger partial charge on any atom is 0.258 e. The molecule has 1 aromatic heterocycles. The summed E-state index contributed by atoms with van der Waals surface area (Å²) in [4.78, 5) is 3.76. The van der Waals surface area contributed by atoms with Gasteiger partial charge in [0.05, 0.1) is 6.10 Å². The summed E-state index contributed by atoms with van der Waals surface area (Å²) in [6.45, 7) is 2.06. The summed E-state index contributed by atoms with van der Waals surface area (Å²) in [5.41, 5.74) is 0. The summed E-state index contributed by atoms with van der Waals surface area (Å²) in [5.74, 6) is 0. The number of pyridine rings is 1. The largest absolute Gasteiger partial charge is 0.393 e. The monoisotopic (exact) mass is 244 g/mol. The highest BCUT2D eigenvalue weighted by Crippen LogP contribution is 2.03. The molecule has 2 N–H and O–H groups in total. The van der Waals surface area contributed by atoms with Crippen LogP contribution < -0.4 is 4.72 Å². The fraction of sp³-hybridized carbons (Fsp3) is 0.500. The molecule has 0 aliphatic heterocycles. The number of aromatic nitrogens is 1. The summed E-state index contributed by atoms with van der Waals surface area (Å²) in [5, 5.41) is 9.28. The van der Waals surface area contributed by atoms with Crippen molar-refractivity contribution in [3.05, 3.63) is 24.4 Å². The number of rotatable bonds is 6. The fourth-order valence-electron chi connectivity index (χ4n) is 1.14. The third-order valence-corrected chi connectivity index (χ3v) is 3.53. The normalized spacial score (nSPS) is 13.6. The molecule has 0 aliphatic carbocycles. The smallest absolute Gasteiger partial charge is 0.258 e. The van der Waals surface area contributed by atoms with Gasteiger partial charge in [0, 0.05) is 12.7 Å². The van der Waals surface area contributed by atoms with Crippen LogP contribution in [0.25, 0.3) is 0 Å². The average molecular weight is 244 g/mol. The Kier molecular flexibility index (Phi) is 4.85. The summed E-state index contributed by atoms with van der Waals surface area (Å²) in [7, 11) is -3.54. The minimum Gasteiger partial charge on any atom is -0.393 e. The van der Waals surface area contributed by atoms with E-state index >= 15 is 0 Å². The van der Waals surface area contributed by atoms with Gasteiger partial charge in [-0.2, -0.15) is 0 Å². The first-order chi connectivity index (χ1) is 7.56. The van der Waals surface area contributed by atoms with Crippen molar-refractivity contribution in [1.82, 2.24) is 9.71 Å². The van der Waals surface area contributed by atoms with Gasteiger partial charge in [0.15, 0.2) is 5.03 Å². The Morgan fingerprint density at radius 3 is 2.81 bits per heavy atom. The van der Waals surface area contributed by atoms with E-state index in [2.05, 4.69) is 9.71 Å². The van der Waals surface area contributed by atoms with Crippen LogP contribution in [0.2, 0.25) is 0 Å². The number of aliphatic hydroxyl groups is 1. The van der Waals surface area contributed by atoms with Gasteiger partial charge in [0.25, 0.3) is 10.0 Å². The predicted molar refractivity (Wildman–Crippen MR) is 60.3 cm³/mol. The number of hydrogen-bond acceptors (Lipinski definition) is 4. The first-order valence-corrected chi connectivity index (χ1v) is 6.63. The molecule has 0 saturated heterocycles. The lowest BCUT2D eigenvalue weighted by atomic mass is 10.2. The van der Waals surface area contributed by atoms with Gasteiger partial charge >= 0.3 is 0 Å². The van der Waals surface area contributed by atoms with Crippen LogP contribution in [0.4, 0.5) is 0 Å². The van der Waals surface area contributed by atoms with Crippen LogP contribution in [0.5, 0.6) is 0 Å². The van der Waals surface area contributed by atoms with Crippen molar-refractivity contribution in [3.8, 4) is 0 Å². The molecule has 1 rings (SSSR count). The molecule has 6 heteroatoms. The lowest BCUT2D eigenvalue weighted by Gasteiger charge is -2.08. The Bertz CT molecular complexity index is 405. The summed E-state index contributed by atoms with van der Waals surface area (Å²) >= 11 is 0.